The van der Waals surface area contributed by atoms with Gasteiger partial charge in [-0.15, -0.1) is 0 Å². The molecule has 19 aromatic carbocycles. The van der Waals surface area contributed by atoms with Crippen molar-refractivity contribution in [3.8, 4) is 100 Å². The zero-order valence-electron chi connectivity index (χ0n) is 54.0. The van der Waals surface area contributed by atoms with Gasteiger partial charge in [-0.2, -0.15) is 0 Å². The van der Waals surface area contributed by atoms with E-state index in [2.05, 4.69) is 388 Å². The summed E-state index contributed by atoms with van der Waals surface area (Å²) in [6, 6.07) is 142. The summed E-state index contributed by atoms with van der Waals surface area (Å²) < 4.78 is 0. The lowest BCUT2D eigenvalue weighted by Gasteiger charge is -2.18. The molecule has 0 N–H and O–H groups in total. The first-order valence-electron chi connectivity index (χ1n) is 33.9. The van der Waals surface area contributed by atoms with Crippen molar-refractivity contribution in [2.75, 3.05) is 0 Å². The first kappa shape index (κ1) is 57.9. The van der Waals surface area contributed by atoms with Crippen LogP contribution in [0.2, 0.25) is 0 Å². The third kappa shape index (κ3) is 10.5. The van der Waals surface area contributed by atoms with Gasteiger partial charge in [0.25, 0.3) is 0 Å². The summed E-state index contributed by atoms with van der Waals surface area (Å²) in [4.78, 5) is 0. The van der Waals surface area contributed by atoms with Crippen molar-refractivity contribution < 1.29 is 0 Å². The highest BCUT2D eigenvalue weighted by atomic mass is 14.2. The highest BCUT2D eigenvalue weighted by Gasteiger charge is 2.20. The SMILES string of the molecule is c1ccc(-c2ccc(-c3ccc4cc(-c5c6ccccc6c(-c6ccccc6)c6ccccc56)ccc4c3)c3ccccc23)cc1.c1ccc(-c2cccc(-c3ccc4cc(-c5ccc6cc(-c7c8ccccc8c(-c8ccccc8)c8ccccc78)ccc6c5)ccc4c3)c2)cc1. The molecule has 0 aliphatic heterocycles. The lowest BCUT2D eigenvalue weighted by atomic mass is 9.85. The van der Waals surface area contributed by atoms with Crippen LogP contribution < -0.4 is 0 Å². The van der Waals surface area contributed by atoms with Gasteiger partial charge in [-0.25, -0.2) is 0 Å². The Balaban J connectivity index is 0.000000143. The number of hydrogen-bond donors (Lipinski definition) is 0. The van der Waals surface area contributed by atoms with Crippen molar-refractivity contribution in [2.45, 2.75) is 0 Å². The predicted octanol–water partition coefficient (Wildman–Crippen LogP) is 27.6. The van der Waals surface area contributed by atoms with Gasteiger partial charge in [0.05, 0.1) is 0 Å². The van der Waals surface area contributed by atoms with Gasteiger partial charge >= 0.3 is 0 Å². The first-order valence-corrected chi connectivity index (χ1v) is 33.9. The monoisotopic (exact) mass is 1240 g/mol. The van der Waals surface area contributed by atoms with E-state index in [1.165, 1.54) is 186 Å². The maximum atomic E-state index is 2.37. The number of fused-ring (bicyclic) bond motifs is 8. The highest BCUT2D eigenvalue weighted by Crippen LogP contribution is 2.47. The maximum absolute atomic E-state index is 2.37. The molecule has 0 amide bonds. The van der Waals surface area contributed by atoms with E-state index in [-0.39, 0.29) is 0 Å². The van der Waals surface area contributed by atoms with Crippen LogP contribution in [0.3, 0.4) is 0 Å². The molecule has 19 aromatic rings. The number of benzene rings is 19. The lowest BCUT2D eigenvalue weighted by molar-refractivity contribution is 1.60. The van der Waals surface area contributed by atoms with E-state index in [1.807, 2.05) is 0 Å². The quantitative estimate of drug-likeness (QED) is 0.126. The summed E-state index contributed by atoms with van der Waals surface area (Å²) in [5.41, 5.74) is 22.5. The van der Waals surface area contributed by atoms with Gasteiger partial charge in [-0.1, -0.05) is 346 Å². The second-order valence-electron chi connectivity index (χ2n) is 25.8. The normalized spacial score (nSPS) is 11.5. The summed E-state index contributed by atoms with van der Waals surface area (Å²) >= 11 is 0. The molecule has 0 atom stereocenters. The molecule has 0 nitrogen and oxygen atoms in total. The molecule has 0 heteroatoms. The number of rotatable bonds is 9. The minimum absolute atomic E-state index is 1.23. The molecule has 0 aliphatic rings. The van der Waals surface area contributed by atoms with E-state index in [4.69, 9.17) is 0 Å². The molecule has 0 saturated heterocycles. The van der Waals surface area contributed by atoms with Crippen LogP contribution in [0.5, 0.6) is 0 Å². The van der Waals surface area contributed by atoms with Gasteiger partial charge < -0.3 is 0 Å². The lowest BCUT2D eigenvalue weighted by Crippen LogP contribution is -1.91. The Morgan fingerprint density at radius 2 is 0.316 bits per heavy atom. The third-order valence-electron chi connectivity index (χ3n) is 20.0. The van der Waals surface area contributed by atoms with Crippen LogP contribution in [0.1, 0.15) is 0 Å². The van der Waals surface area contributed by atoms with Gasteiger partial charge in [0.2, 0.25) is 0 Å². The van der Waals surface area contributed by atoms with Crippen LogP contribution in [0.15, 0.2) is 388 Å². The molecule has 0 aliphatic carbocycles. The summed E-state index contributed by atoms with van der Waals surface area (Å²) in [7, 11) is 0. The Morgan fingerprint density at radius 1 is 0.102 bits per heavy atom. The van der Waals surface area contributed by atoms with Crippen LogP contribution in [-0.4, -0.2) is 0 Å². The van der Waals surface area contributed by atoms with Crippen molar-refractivity contribution in [3.63, 3.8) is 0 Å². The Morgan fingerprint density at radius 3 is 0.663 bits per heavy atom. The Kier molecular flexibility index (Phi) is 14.7. The molecule has 0 aromatic heterocycles. The fourth-order valence-corrected chi connectivity index (χ4v) is 15.4. The van der Waals surface area contributed by atoms with Gasteiger partial charge in [0, 0.05) is 0 Å². The van der Waals surface area contributed by atoms with E-state index < -0.39 is 0 Å². The molecule has 0 unspecified atom stereocenters. The molecular formula is C98H64. The van der Waals surface area contributed by atoms with Crippen molar-refractivity contribution in [1.29, 1.82) is 0 Å². The van der Waals surface area contributed by atoms with Crippen LogP contribution in [0, 0.1) is 0 Å². The maximum Gasteiger partial charge on any atom is -0.00262 e. The minimum atomic E-state index is 1.23. The second kappa shape index (κ2) is 24.9. The van der Waals surface area contributed by atoms with Crippen LogP contribution in [-0.2, 0) is 0 Å². The molecule has 0 radical (unpaired) electrons. The molecular weight excluding hydrogens is 1180 g/mol. The fraction of sp³-hybridized carbons (Fsp3) is 0. The highest BCUT2D eigenvalue weighted by molar-refractivity contribution is 6.23. The van der Waals surface area contributed by atoms with Crippen LogP contribution >= 0.6 is 0 Å². The van der Waals surface area contributed by atoms with Gasteiger partial charge in [0.1, 0.15) is 0 Å². The smallest absolute Gasteiger partial charge is 0.00262 e. The molecule has 0 spiro atoms. The van der Waals surface area contributed by atoms with E-state index >= 15 is 0 Å². The predicted molar refractivity (Wildman–Crippen MR) is 422 cm³/mol. The third-order valence-corrected chi connectivity index (χ3v) is 20.0. The Bertz CT molecular complexity index is 6150. The zero-order valence-corrected chi connectivity index (χ0v) is 54.0. The zero-order chi connectivity index (χ0) is 64.9. The minimum Gasteiger partial charge on any atom is -0.0622 e. The average molecular weight is 1240 g/mol. The number of hydrogen-bond acceptors (Lipinski definition) is 0. The van der Waals surface area contributed by atoms with Gasteiger partial charge in [-0.05, 0) is 229 Å². The average Bonchev–Trinajstić information content (AvgIpc) is 0.752. The second-order valence-corrected chi connectivity index (χ2v) is 25.8. The van der Waals surface area contributed by atoms with Gasteiger partial charge in [0.15, 0.2) is 0 Å². The standard InChI is InChI=1S/C52H34.C46H30/c1-3-12-35(13-4-1)37-16-11-17-38(30-37)39-22-23-41-32-42(25-24-40(41)31-39)43-26-27-45-34-46(29-28-44(45)33-43)52-49-20-9-7-18-47(49)51(36-14-5-2-6-15-36)48-19-8-10-21-50(48)52;1-3-13-31(14-4-1)37-27-28-38(40-18-8-7-17-39(37)40)35-25-23-34-30-36(26-24-33(34)29-35)46-43-21-11-9-19-41(43)45(32-15-5-2-6-16-32)42-20-10-12-22-44(42)46/h1-34H;1-30H. The molecule has 0 saturated carbocycles. The molecule has 19 rings (SSSR count). The Hall–Kier alpha value is -12.7. The van der Waals surface area contributed by atoms with Crippen molar-refractivity contribution >= 4 is 86.2 Å². The van der Waals surface area contributed by atoms with Crippen molar-refractivity contribution in [2.24, 2.45) is 0 Å². The van der Waals surface area contributed by atoms with Crippen LogP contribution in [0.4, 0.5) is 0 Å². The van der Waals surface area contributed by atoms with E-state index in [0.717, 1.165) is 0 Å². The van der Waals surface area contributed by atoms with Crippen molar-refractivity contribution in [3.05, 3.63) is 388 Å². The summed E-state index contributed by atoms with van der Waals surface area (Å²) in [6.07, 6.45) is 0. The molecule has 0 heterocycles. The van der Waals surface area contributed by atoms with Crippen LogP contribution in [0.25, 0.3) is 186 Å². The summed E-state index contributed by atoms with van der Waals surface area (Å²) in [6.45, 7) is 0. The molecule has 98 heavy (non-hydrogen) atoms. The van der Waals surface area contributed by atoms with E-state index in [1.54, 1.807) is 0 Å². The molecule has 0 fully saturated rings. The Labute approximate surface area is 570 Å². The summed E-state index contributed by atoms with van der Waals surface area (Å²) in [5, 5.41) is 20.2. The topological polar surface area (TPSA) is 0 Å². The van der Waals surface area contributed by atoms with Gasteiger partial charge in [-0.3, -0.25) is 0 Å². The van der Waals surface area contributed by atoms with E-state index in [9.17, 15) is 0 Å². The van der Waals surface area contributed by atoms with Crippen molar-refractivity contribution in [1.82, 2.24) is 0 Å². The first-order chi connectivity index (χ1) is 48.6. The van der Waals surface area contributed by atoms with E-state index in [0.29, 0.717) is 0 Å². The fourth-order valence-electron chi connectivity index (χ4n) is 15.4. The summed E-state index contributed by atoms with van der Waals surface area (Å²) in [5.74, 6) is 0. The molecule has 456 valence electrons. The largest absolute Gasteiger partial charge is 0.0622 e. The molecule has 0 bridgehead atoms.